The Hall–Kier alpha value is -0.610. The van der Waals surface area contributed by atoms with Gasteiger partial charge in [0.15, 0.2) is 0 Å². The number of hydrogen-bond donors (Lipinski definition) is 0. The van der Waals surface area contributed by atoms with Crippen LogP contribution < -0.4 is 0 Å². The molecule has 1 aliphatic carbocycles. The normalized spacial score (nSPS) is 23.0. The quantitative estimate of drug-likeness (QED) is 0.755. The summed E-state index contributed by atoms with van der Waals surface area (Å²) in [6, 6.07) is 0. The summed E-state index contributed by atoms with van der Waals surface area (Å²) in [5.41, 5.74) is 0.231. The van der Waals surface area contributed by atoms with Crippen molar-refractivity contribution in [2.75, 3.05) is 39.9 Å². The molecule has 1 saturated heterocycles. The second-order valence-electron chi connectivity index (χ2n) is 6.72. The van der Waals surface area contributed by atoms with Crippen molar-refractivity contribution in [3.8, 4) is 0 Å². The van der Waals surface area contributed by atoms with E-state index in [1.165, 1.54) is 64.5 Å². The molecule has 0 aromatic rings. The zero-order valence-electron chi connectivity index (χ0n) is 13.9. The maximum absolute atomic E-state index is 12.2. The third-order valence-electron chi connectivity index (χ3n) is 5.20. The van der Waals surface area contributed by atoms with Crippen LogP contribution in [0.1, 0.15) is 58.3 Å². The van der Waals surface area contributed by atoms with Crippen molar-refractivity contribution in [1.82, 2.24) is 9.80 Å². The third kappa shape index (κ3) is 4.43. The number of carbonyl (C=O) groups is 1. The van der Waals surface area contributed by atoms with E-state index in [9.17, 15) is 4.79 Å². The molecule has 1 saturated carbocycles. The first-order valence-corrected chi connectivity index (χ1v) is 8.75. The van der Waals surface area contributed by atoms with Crippen LogP contribution >= 0.6 is 0 Å². The molecule has 4 heteroatoms. The molecule has 0 radical (unpaired) electrons. The van der Waals surface area contributed by atoms with Crippen molar-refractivity contribution in [3.63, 3.8) is 0 Å². The summed E-state index contributed by atoms with van der Waals surface area (Å²) in [6.45, 7) is 6.07. The van der Waals surface area contributed by atoms with Gasteiger partial charge in [-0.2, -0.15) is 0 Å². The molecular weight excluding hydrogens is 264 g/mol. The summed E-state index contributed by atoms with van der Waals surface area (Å²) in [4.78, 5) is 16.8. The topological polar surface area (TPSA) is 32.8 Å². The monoisotopic (exact) mass is 296 g/mol. The summed E-state index contributed by atoms with van der Waals surface area (Å²) in [5.74, 6) is 0.124. The van der Waals surface area contributed by atoms with E-state index in [4.69, 9.17) is 4.74 Å². The fraction of sp³-hybridized carbons (Fsp3) is 0.941. The van der Waals surface area contributed by atoms with Gasteiger partial charge in [0.1, 0.15) is 6.61 Å². The summed E-state index contributed by atoms with van der Waals surface area (Å²) in [6.07, 6.45) is 10.5. The van der Waals surface area contributed by atoms with Crippen molar-refractivity contribution in [2.45, 2.75) is 63.8 Å². The predicted molar refractivity (Wildman–Crippen MR) is 85.4 cm³/mol. The van der Waals surface area contributed by atoms with Crippen molar-refractivity contribution in [3.05, 3.63) is 0 Å². The summed E-state index contributed by atoms with van der Waals surface area (Å²) < 4.78 is 5.28. The Labute approximate surface area is 129 Å². The second-order valence-corrected chi connectivity index (χ2v) is 6.72. The van der Waals surface area contributed by atoms with Gasteiger partial charge in [-0.1, -0.05) is 25.7 Å². The average Bonchev–Trinajstić information content (AvgIpc) is 2.54. The molecule has 0 N–H and O–H groups in total. The molecule has 4 nitrogen and oxygen atoms in total. The lowest BCUT2D eigenvalue weighted by molar-refractivity contribution is -0.137. The van der Waals surface area contributed by atoms with Gasteiger partial charge in [0.2, 0.25) is 5.91 Å². The maximum Gasteiger partial charge on any atom is 0.248 e. The van der Waals surface area contributed by atoms with Crippen molar-refractivity contribution in [2.24, 2.45) is 0 Å². The average molecular weight is 296 g/mol. The van der Waals surface area contributed by atoms with Crippen LogP contribution in [0.25, 0.3) is 0 Å². The Morgan fingerprint density at radius 3 is 2.33 bits per heavy atom. The number of rotatable bonds is 6. The Morgan fingerprint density at radius 2 is 1.71 bits per heavy atom. The molecule has 1 aliphatic heterocycles. The van der Waals surface area contributed by atoms with E-state index in [2.05, 4.69) is 4.90 Å². The van der Waals surface area contributed by atoms with Crippen molar-refractivity contribution in [1.29, 1.82) is 0 Å². The van der Waals surface area contributed by atoms with Gasteiger partial charge in [0.25, 0.3) is 0 Å². The zero-order valence-corrected chi connectivity index (χ0v) is 13.9. The van der Waals surface area contributed by atoms with Crippen LogP contribution in [0.3, 0.4) is 0 Å². The fourth-order valence-electron chi connectivity index (χ4n) is 3.98. The third-order valence-corrected chi connectivity index (χ3v) is 5.20. The molecule has 1 heterocycles. The molecule has 0 spiro atoms. The van der Waals surface area contributed by atoms with Crippen molar-refractivity contribution < 1.29 is 9.53 Å². The van der Waals surface area contributed by atoms with Crippen LogP contribution in [-0.4, -0.2) is 61.1 Å². The number of carbonyl (C=O) groups excluding carboxylic acids is 1. The van der Waals surface area contributed by atoms with Crippen LogP contribution in [0.15, 0.2) is 0 Å². The van der Waals surface area contributed by atoms with Crippen LogP contribution in [0.4, 0.5) is 0 Å². The molecule has 2 fully saturated rings. The molecule has 0 atom stereocenters. The summed E-state index contributed by atoms with van der Waals surface area (Å²) >= 11 is 0. The highest BCUT2D eigenvalue weighted by molar-refractivity contribution is 5.77. The number of likely N-dealkylation sites (N-methyl/N-ethyl adjacent to an activating group) is 1. The SMILES string of the molecule is CCOCC(=O)N(C)CC1(N2CCCCC2)CCCCC1. The van der Waals surface area contributed by atoms with Crippen LogP contribution in [0.5, 0.6) is 0 Å². The number of amides is 1. The molecule has 122 valence electrons. The molecule has 0 aromatic carbocycles. The lowest BCUT2D eigenvalue weighted by Gasteiger charge is -2.49. The number of nitrogens with zero attached hydrogens (tertiary/aromatic N) is 2. The molecule has 1 amide bonds. The van der Waals surface area contributed by atoms with Gasteiger partial charge in [-0.15, -0.1) is 0 Å². The Bertz CT molecular complexity index is 321. The molecule has 2 rings (SSSR count). The van der Waals surface area contributed by atoms with E-state index >= 15 is 0 Å². The van der Waals surface area contributed by atoms with E-state index < -0.39 is 0 Å². The van der Waals surface area contributed by atoms with Crippen LogP contribution in [-0.2, 0) is 9.53 Å². The van der Waals surface area contributed by atoms with E-state index in [1.807, 2.05) is 18.9 Å². The summed E-state index contributed by atoms with van der Waals surface area (Å²) in [5, 5.41) is 0. The standard InChI is InChI=1S/C17H32N2O2/c1-3-21-14-16(20)18(2)15-17(10-6-4-7-11-17)19-12-8-5-9-13-19/h3-15H2,1-2H3. The van der Waals surface area contributed by atoms with Gasteiger partial charge in [-0.05, 0) is 45.7 Å². The van der Waals surface area contributed by atoms with E-state index in [0.717, 1.165) is 6.54 Å². The molecule has 2 aliphatic rings. The number of likely N-dealkylation sites (tertiary alicyclic amines) is 1. The lowest BCUT2D eigenvalue weighted by atomic mass is 9.78. The predicted octanol–water partition coefficient (Wildman–Crippen LogP) is 2.67. The van der Waals surface area contributed by atoms with Gasteiger partial charge in [0.05, 0.1) is 0 Å². The molecule has 0 aromatic heterocycles. The number of ether oxygens (including phenoxy) is 1. The minimum absolute atomic E-state index is 0.124. The smallest absolute Gasteiger partial charge is 0.248 e. The minimum atomic E-state index is 0.124. The number of hydrogen-bond acceptors (Lipinski definition) is 3. The first kappa shape index (κ1) is 16.8. The van der Waals surface area contributed by atoms with Gasteiger partial charge >= 0.3 is 0 Å². The Balaban J connectivity index is 1.99. The molecule has 21 heavy (non-hydrogen) atoms. The number of piperidine rings is 1. The molecule has 0 unspecified atom stereocenters. The fourth-order valence-corrected chi connectivity index (χ4v) is 3.98. The largest absolute Gasteiger partial charge is 0.372 e. The molecule has 0 bridgehead atoms. The van der Waals surface area contributed by atoms with Crippen LogP contribution in [0, 0.1) is 0 Å². The van der Waals surface area contributed by atoms with Gasteiger partial charge in [0, 0.05) is 25.7 Å². The maximum atomic E-state index is 12.2. The van der Waals surface area contributed by atoms with Gasteiger partial charge < -0.3 is 9.64 Å². The van der Waals surface area contributed by atoms with Gasteiger partial charge in [-0.25, -0.2) is 0 Å². The summed E-state index contributed by atoms with van der Waals surface area (Å²) in [7, 11) is 1.95. The van der Waals surface area contributed by atoms with Gasteiger partial charge in [-0.3, -0.25) is 9.69 Å². The highest BCUT2D eigenvalue weighted by Crippen LogP contribution is 2.36. The second kappa shape index (κ2) is 8.14. The highest BCUT2D eigenvalue weighted by atomic mass is 16.5. The highest BCUT2D eigenvalue weighted by Gasteiger charge is 2.39. The molecular formula is C17H32N2O2. The Kier molecular flexibility index (Phi) is 6.49. The lowest BCUT2D eigenvalue weighted by Crippen LogP contribution is -2.58. The van der Waals surface area contributed by atoms with Crippen molar-refractivity contribution >= 4 is 5.91 Å². The first-order chi connectivity index (χ1) is 10.2. The van der Waals surface area contributed by atoms with Crippen LogP contribution in [0.2, 0.25) is 0 Å². The minimum Gasteiger partial charge on any atom is -0.372 e. The first-order valence-electron chi connectivity index (χ1n) is 8.75. The van der Waals surface area contributed by atoms with E-state index in [0.29, 0.717) is 6.61 Å². The van der Waals surface area contributed by atoms with E-state index in [-0.39, 0.29) is 18.1 Å². The Morgan fingerprint density at radius 1 is 1.10 bits per heavy atom. The zero-order chi connectivity index (χ0) is 15.1. The van der Waals surface area contributed by atoms with E-state index in [1.54, 1.807) is 0 Å².